The van der Waals surface area contributed by atoms with Gasteiger partial charge in [-0.05, 0) is 16.9 Å². The van der Waals surface area contributed by atoms with Gasteiger partial charge in [0.2, 0.25) is 11.7 Å². The molecule has 2 unspecified atom stereocenters. The van der Waals surface area contributed by atoms with E-state index in [9.17, 15) is 0 Å². The van der Waals surface area contributed by atoms with Gasteiger partial charge >= 0.3 is 0 Å². The summed E-state index contributed by atoms with van der Waals surface area (Å²) in [6.45, 7) is 8.46. The second kappa shape index (κ2) is 4.70. The summed E-state index contributed by atoms with van der Waals surface area (Å²) in [6, 6.07) is 10.5. The molecule has 0 N–H and O–H groups in total. The zero-order valence-corrected chi connectivity index (χ0v) is 12.8. The van der Waals surface area contributed by atoms with Crippen molar-refractivity contribution in [3.63, 3.8) is 0 Å². The zero-order valence-electron chi connectivity index (χ0n) is 12.8. The Morgan fingerprint density at radius 2 is 1.90 bits per heavy atom. The van der Waals surface area contributed by atoms with E-state index in [-0.39, 0.29) is 17.3 Å². The maximum atomic E-state index is 9.14. The van der Waals surface area contributed by atoms with Crippen molar-refractivity contribution >= 4 is 0 Å². The minimum atomic E-state index is -0.0694. The number of nitriles is 1. The molecule has 0 radical (unpaired) electrons. The summed E-state index contributed by atoms with van der Waals surface area (Å²) in [5.74, 6) is 1.70. The highest BCUT2D eigenvalue weighted by atomic mass is 16.5. The van der Waals surface area contributed by atoms with Crippen molar-refractivity contribution in [1.29, 1.82) is 5.26 Å². The lowest BCUT2D eigenvalue weighted by atomic mass is 10.0. The van der Waals surface area contributed by atoms with Crippen LogP contribution in [-0.2, 0) is 0 Å². The van der Waals surface area contributed by atoms with Crippen LogP contribution in [0, 0.1) is 22.7 Å². The predicted octanol–water partition coefficient (Wildman–Crippen LogP) is 4.12. The van der Waals surface area contributed by atoms with Gasteiger partial charge in [-0.1, -0.05) is 57.1 Å². The topological polar surface area (TPSA) is 62.7 Å². The number of benzene rings is 1. The SMILES string of the molecule is CC(C)c1ccc(-c2noc(C3C(C#N)C3(C)C)n2)cc1. The van der Waals surface area contributed by atoms with Gasteiger partial charge in [-0.25, -0.2) is 0 Å². The van der Waals surface area contributed by atoms with Crippen LogP contribution in [0.5, 0.6) is 0 Å². The predicted molar refractivity (Wildman–Crippen MR) is 79.4 cm³/mol. The molecule has 0 aliphatic heterocycles. The van der Waals surface area contributed by atoms with Crippen molar-refractivity contribution in [2.24, 2.45) is 11.3 Å². The number of rotatable bonds is 3. The summed E-state index contributed by atoms with van der Waals surface area (Å²) < 4.78 is 5.38. The molecular weight excluding hydrogens is 262 g/mol. The Labute approximate surface area is 124 Å². The van der Waals surface area contributed by atoms with E-state index in [1.54, 1.807) is 0 Å². The highest BCUT2D eigenvalue weighted by molar-refractivity contribution is 5.55. The second-order valence-corrected chi connectivity index (χ2v) is 6.64. The van der Waals surface area contributed by atoms with Crippen molar-refractivity contribution in [2.45, 2.75) is 39.5 Å². The molecule has 1 aromatic heterocycles. The molecule has 2 atom stereocenters. The standard InChI is InChI=1S/C17H19N3O/c1-10(2)11-5-7-12(8-6-11)15-19-16(21-20-15)14-13(9-18)17(14,3)4/h5-8,10,13-14H,1-4H3. The Kier molecular flexibility index (Phi) is 3.09. The van der Waals surface area contributed by atoms with Crippen molar-refractivity contribution in [3.8, 4) is 17.5 Å². The van der Waals surface area contributed by atoms with Gasteiger partial charge in [0.15, 0.2) is 0 Å². The third kappa shape index (κ3) is 2.23. The summed E-state index contributed by atoms with van der Waals surface area (Å²) in [5, 5.41) is 13.2. The Hall–Kier alpha value is -2.15. The summed E-state index contributed by atoms with van der Waals surface area (Å²) in [5.41, 5.74) is 2.16. The van der Waals surface area contributed by atoms with Gasteiger partial charge in [0, 0.05) is 5.56 Å². The molecule has 2 aromatic rings. The Morgan fingerprint density at radius 1 is 1.24 bits per heavy atom. The summed E-state index contributed by atoms with van der Waals surface area (Å²) in [4.78, 5) is 4.48. The fraction of sp³-hybridized carbons (Fsp3) is 0.471. The molecule has 1 aliphatic rings. The van der Waals surface area contributed by atoms with Gasteiger partial charge in [-0.3, -0.25) is 0 Å². The first kappa shape index (κ1) is 13.8. The highest BCUT2D eigenvalue weighted by Crippen LogP contribution is 2.63. The molecule has 1 aliphatic carbocycles. The van der Waals surface area contributed by atoms with E-state index in [1.165, 1.54) is 5.56 Å². The fourth-order valence-electron chi connectivity index (χ4n) is 2.84. The minimum absolute atomic E-state index is 0.0332. The van der Waals surface area contributed by atoms with E-state index in [1.807, 2.05) is 12.1 Å². The Bertz CT molecular complexity index is 692. The molecule has 0 bridgehead atoms. The summed E-state index contributed by atoms with van der Waals surface area (Å²) in [6.07, 6.45) is 0. The monoisotopic (exact) mass is 281 g/mol. The highest BCUT2D eigenvalue weighted by Gasteiger charge is 2.62. The maximum absolute atomic E-state index is 9.14. The molecular formula is C17H19N3O. The van der Waals surface area contributed by atoms with Crippen LogP contribution in [0.2, 0.25) is 0 Å². The molecule has 3 rings (SSSR count). The molecule has 0 spiro atoms. The Morgan fingerprint density at radius 3 is 2.43 bits per heavy atom. The lowest BCUT2D eigenvalue weighted by Crippen LogP contribution is -1.90. The van der Waals surface area contributed by atoms with Crippen LogP contribution in [0.1, 0.15) is 51.0 Å². The van der Waals surface area contributed by atoms with E-state index in [4.69, 9.17) is 9.78 Å². The molecule has 1 aromatic carbocycles. The maximum Gasteiger partial charge on any atom is 0.232 e. The van der Waals surface area contributed by atoms with Crippen LogP contribution in [0.15, 0.2) is 28.8 Å². The van der Waals surface area contributed by atoms with Crippen LogP contribution in [0.25, 0.3) is 11.4 Å². The van der Waals surface area contributed by atoms with Gasteiger partial charge in [0.1, 0.15) is 0 Å². The van der Waals surface area contributed by atoms with Crippen LogP contribution in [0.3, 0.4) is 0 Å². The van der Waals surface area contributed by atoms with E-state index in [0.717, 1.165) is 5.56 Å². The molecule has 0 saturated heterocycles. The third-order valence-corrected chi connectivity index (χ3v) is 4.51. The number of hydrogen-bond donors (Lipinski definition) is 0. The molecule has 4 nitrogen and oxygen atoms in total. The quantitative estimate of drug-likeness (QED) is 0.848. The molecule has 1 fully saturated rings. The van der Waals surface area contributed by atoms with Crippen molar-refractivity contribution in [2.75, 3.05) is 0 Å². The van der Waals surface area contributed by atoms with Crippen LogP contribution in [0.4, 0.5) is 0 Å². The molecule has 21 heavy (non-hydrogen) atoms. The molecule has 4 heteroatoms. The number of aromatic nitrogens is 2. The lowest BCUT2D eigenvalue weighted by molar-refractivity contribution is 0.368. The van der Waals surface area contributed by atoms with Gasteiger partial charge in [0.25, 0.3) is 0 Å². The van der Waals surface area contributed by atoms with Crippen molar-refractivity contribution in [1.82, 2.24) is 10.1 Å². The van der Waals surface area contributed by atoms with E-state index < -0.39 is 0 Å². The van der Waals surface area contributed by atoms with Gasteiger partial charge in [-0.2, -0.15) is 10.2 Å². The van der Waals surface area contributed by atoms with E-state index in [2.05, 4.69) is 56.0 Å². The van der Waals surface area contributed by atoms with Crippen molar-refractivity contribution in [3.05, 3.63) is 35.7 Å². The lowest BCUT2D eigenvalue weighted by Gasteiger charge is -2.04. The summed E-state index contributed by atoms with van der Waals surface area (Å²) >= 11 is 0. The van der Waals surface area contributed by atoms with Gasteiger partial charge < -0.3 is 4.52 Å². The normalized spacial score (nSPS) is 23.0. The third-order valence-electron chi connectivity index (χ3n) is 4.51. The second-order valence-electron chi connectivity index (χ2n) is 6.64. The minimum Gasteiger partial charge on any atom is -0.339 e. The van der Waals surface area contributed by atoms with Crippen LogP contribution < -0.4 is 0 Å². The molecule has 1 heterocycles. The van der Waals surface area contributed by atoms with Crippen LogP contribution in [-0.4, -0.2) is 10.1 Å². The number of hydrogen-bond acceptors (Lipinski definition) is 4. The molecule has 0 amide bonds. The molecule has 1 saturated carbocycles. The molecule has 108 valence electrons. The van der Waals surface area contributed by atoms with E-state index >= 15 is 0 Å². The first-order chi connectivity index (χ1) is 9.95. The van der Waals surface area contributed by atoms with Gasteiger partial charge in [0.05, 0.1) is 17.9 Å². The van der Waals surface area contributed by atoms with Crippen molar-refractivity contribution < 1.29 is 4.52 Å². The number of nitrogens with zero attached hydrogens (tertiary/aromatic N) is 3. The summed E-state index contributed by atoms with van der Waals surface area (Å²) in [7, 11) is 0. The average molecular weight is 281 g/mol. The van der Waals surface area contributed by atoms with E-state index in [0.29, 0.717) is 17.6 Å². The Balaban J connectivity index is 1.85. The van der Waals surface area contributed by atoms with Crippen LogP contribution >= 0.6 is 0 Å². The average Bonchev–Trinajstić information content (AvgIpc) is 2.82. The van der Waals surface area contributed by atoms with Gasteiger partial charge in [-0.15, -0.1) is 0 Å². The first-order valence-corrected chi connectivity index (χ1v) is 7.28. The first-order valence-electron chi connectivity index (χ1n) is 7.28. The smallest absolute Gasteiger partial charge is 0.232 e. The zero-order chi connectivity index (χ0) is 15.2. The largest absolute Gasteiger partial charge is 0.339 e. The fourth-order valence-corrected chi connectivity index (χ4v) is 2.84.